The second-order valence-electron chi connectivity index (χ2n) is 3.87. The molecule has 0 heterocycles. The molecule has 0 unspecified atom stereocenters. The fourth-order valence-corrected chi connectivity index (χ4v) is 1.29. The SMILES string of the molecule is CC(C)COC1CC(CO)C1. The summed E-state index contributed by atoms with van der Waals surface area (Å²) in [5.74, 6) is 1.15. The van der Waals surface area contributed by atoms with Gasteiger partial charge < -0.3 is 9.84 Å². The summed E-state index contributed by atoms with van der Waals surface area (Å²) in [6.07, 6.45) is 2.56. The molecular formula is C9H18O2. The van der Waals surface area contributed by atoms with Gasteiger partial charge in [-0.05, 0) is 24.7 Å². The number of hydrogen-bond donors (Lipinski definition) is 1. The Kier molecular flexibility index (Phi) is 3.34. The Morgan fingerprint density at radius 2 is 2.09 bits per heavy atom. The fourth-order valence-electron chi connectivity index (χ4n) is 1.29. The molecule has 1 N–H and O–H groups in total. The highest BCUT2D eigenvalue weighted by atomic mass is 16.5. The first kappa shape index (κ1) is 9.01. The van der Waals surface area contributed by atoms with Crippen LogP contribution in [0.5, 0.6) is 0 Å². The normalized spacial score (nSPS) is 30.5. The first-order chi connectivity index (χ1) is 5.22. The average molecular weight is 158 g/mol. The van der Waals surface area contributed by atoms with Crippen LogP contribution in [0.25, 0.3) is 0 Å². The van der Waals surface area contributed by atoms with Gasteiger partial charge >= 0.3 is 0 Å². The zero-order chi connectivity index (χ0) is 8.27. The Morgan fingerprint density at radius 3 is 2.55 bits per heavy atom. The van der Waals surface area contributed by atoms with Gasteiger partial charge in [0, 0.05) is 13.2 Å². The third kappa shape index (κ3) is 2.80. The van der Waals surface area contributed by atoms with Crippen LogP contribution in [0.2, 0.25) is 0 Å². The molecule has 1 aliphatic rings. The Labute approximate surface area is 68.6 Å². The molecule has 0 aromatic rings. The van der Waals surface area contributed by atoms with E-state index >= 15 is 0 Å². The van der Waals surface area contributed by atoms with Crippen molar-refractivity contribution in [3.05, 3.63) is 0 Å². The molecule has 0 atom stereocenters. The van der Waals surface area contributed by atoms with E-state index in [0.717, 1.165) is 19.4 Å². The van der Waals surface area contributed by atoms with Crippen LogP contribution < -0.4 is 0 Å². The minimum atomic E-state index is 0.335. The highest BCUT2D eigenvalue weighted by Gasteiger charge is 2.28. The Morgan fingerprint density at radius 1 is 1.45 bits per heavy atom. The second-order valence-corrected chi connectivity index (χ2v) is 3.87. The lowest BCUT2D eigenvalue weighted by Crippen LogP contribution is -2.34. The van der Waals surface area contributed by atoms with Crippen molar-refractivity contribution >= 4 is 0 Å². The third-order valence-corrected chi connectivity index (χ3v) is 2.12. The van der Waals surface area contributed by atoms with Crippen LogP contribution >= 0.6 is 0 Å². The molecule has 0 radical (unpaired) electrons. The number of aliphatic hydroxyl groups excluding tert-OH is 1. The standard InChI is InChI=1S/C9H18O2/c1-7(2)6-11-9-3-8(4-9)5-10/h7-10H,3-6H2,1-2H3. The van der Waals surface area contributed by atoms with Crippen molar-refractivity contribution in [2.24, 2.45) is 11.8 Å². The lowest BCUT2D eigenvalue weighted by molar-refractivity contribution is -0.0535. The van der Waals surface area contributed by atoms with Crippen molar-refractivity contribution < 1.29 is 9.84 Å². The van der Waals surface area contributed by atoms with Crippen molar-refractivity contribution in [3.63, 3.8) is 0 Å². The Hall–Kier alpha value is -0.0800. The van der Waals surface area contributed by atoms with Crippen LogP contribution in [-0.2, 0) is 4.74 Å². The predicted octanol–water partition coefficient (Wildman–Crippen LogP) is 1.43. The molecule has 1 aliphatic carbocycles. The highest BCUT2D eigenvalue weighted by molar-refractivity contribution is 4.79. The molecule has 0 aliphatic heterocycles. The highest BCUT2D eigenvalue weighted by Crippen LogP contribution is 2.29. The van der Waals surface area contributed by atoms with Gasteiger partial charge in [0.05, 0.1) is 6.10 Å². The summed E-state index contributed by atoms with van der Waals surface area (Å²) in [6.45, 7) is 5.51. The van der Waals surface area contributed by atoms with Gasteiger partial charge in [-0.25, -0.2) is 0 Å². The maximum absolute atomic E-state index is 8.73. The van der Waals surface area contributed by atoms with Crippen molar-refractivity contribution in [1.29, 1.82) is 0 Å². The molecule has 1 fully saturated rings. The van der Waals surface area contributed by atoms with E-state index in [4.69, 9.17) is 9.84 Å². The van der Waals surface area contributed by atoms with E-state index in [9.17, 15) is 0 Å². The zero-order valence-electron chi connectivity index (χ0n) is 7.42. The third-order valence-electron chi connectivity index (χ3n) is 2.12. The fraction of sp³-hybridized carbons (Fsp3) is 1.00. The molecule has 0 spiro atoms. The summed E-state index contributed by atoms with van der Waals surface area (Å²) >= 11 is 0. The topological polar surface area (TPSA) is 29.5 Å². The summed E-state index contributed by atoms with van der Waals surface area (Å²) in [5, 5.41) is 8.73. The van der Waals surface area contributed by atoms with Crippen molar-refractivity contribution in [2.75, 3.05) is 13.2 Å². The zero-order valence-corrected chi connectivity index (χ0v) is 7.42. The van der Waals surface area contributed by atoms with Gasteiger partial charge in [-0.1, -0.05) is 13.8 Å². The molecule has 0 aromatic heterocycles. The van der Waals surface area contributed by atoms with Gasteiger partial charge in [-0.2, -0.15) is 0 Å². The maximum Gasteiger partial charge on any atom is 0.0582 e. The van der Waals surface area contributed by atoms with Gasteiger partial charge in [0.2, 0.25) is 0 Å². The first-order valence-electron chi connectivity index (χ1n) is 4.44. The summed E-state index contributed by atoms with van der Waals surface area (Å²) in [4.78, 5) is 0. The summed E-state index contributed by atoms with van der Waals surface area (Å²) < 4.78 is 5.56. The quantitative estimate of drug-likeness (QED) is 0.670. The molecule has 2 nitrogen and oxygen atoms in total. The minimum absolute atomic E-state index is 0.335. The molecule has 1 rings (SSSR count). The largest absolute Gasteiger partial charge is 0.396 e. The van der Waals surface area contributed by atoms with Crippen LogP contribution in [0, 0.1) is 11.8 Å². The van der Waals surface area contributed by atoms with Crippen molar-refractivity contribution in [3.8, 4) is 0 Å². The monoisotopic (exact) mass is 158 g/mol. The molecule has 66 valence electrons. The molecular weight excluding hydrogens is 140 g/mol. The lowest BCUT2D eigenvalue weighted by Gasteiger charge is -2.34. The van der Waals surface area contributed by atoms with Crippen molar-refractivity contribution in [2.45, 2.75) is 32.8 Å². The van der Waals surface area contributed by atoms with E-state index in [0.29, 0.717) is 24.5 Å². The summed E-state index contributed by atoms with van der Waals surface area (Å²) in [7, 11) is 0. The van der Waals surface area contributed by atoms with Gasteiger partial charge in [-0.3, -0.25) is 0 Å². The van der Waals surface area contributed by atoms with E-state index in [1.54, 1.807) is 0 Å². The smallest absolute Gasteiger partial charge is 0.0582 e. The number of ether oxygens (including phenoxy) is 1. The van der Waals surface area contributed by atoms with Crippen LogP contribution in [0.15, 0.2) is 0 Å². The van der Waals surface area contributed by atoms with Gasteiger partial charge in [0.1, 0.15) is 0 Å². The molecule has 11 heavy (non-hydrogen) atoms. The summed E-state index contributed by atoms with van der Waals surface area (Å²) in [6, 6.07) is 0. The Balaban J connectivity index is 1.96. The van der Waals surface area contributed by atoms with E-state index in [-0.39, 0.29) is 0 Å². The lowest BCUT2D eigenvalue weighted by atomic mass is 9.83. The van der Waals surface area contributed by atoms with Crippen molar-refractivity contribution in [1.82, 2.24) is 0 Å². The first-order valence-corrected chi connectivity index (χ1v) is 4.44. The van der Waals surface area contributed by atoms with Crippen LogP contribution in [-0.4, -0.2) is 24.4 Å². The van der Waals surface area contributed by atoms with E-state index in [1.807, 2.05) is 0 Å². The number of rotatable bonds is 4. The molecule has 1 saturated carbocycles. The van der Waals surface area contributed by atoms with E-state index in [1.165, 1.54) is 0 Å². The minimum Gasteiger partial charge on any atom is -0.396 e. The molecule has 0 bridgehead atoms. The average Bonchev–Trinajstić information content (AvgIpc) is 1.84. The van der Waals surface area contributed by atoms with Crippen LogP contribution in [0.4, 0.5) is 0 Å². The van der Waals surface area contributed by atoms with Gasteiger partial charge in [-0.15, -0.1) is 0 Å². The number of aliphatic hydroxyl groups is 1. The van der Waals surface area contributed by atoms with E-state index in [2.05, 4.69) is 13.8 Å². The molecule has 0 amide bonds. The van der Waals surface area contributed by atoms with E-state index < -0.39 is 0 Å². The molecule has 0 aromatic carbocycles. The summed E-state index contributed by atoms with van der Waals surface area (Å²) in [5.41, 5.74) is 0. The molecule has 2 heteroatoms. The predicted molar refractivity (Wildman–Crippen MR) is 44.4 cm³/mol. The van der Waals surface area contributed by atoms with Crippen LogP contribution in [0.1, 0.15) is 26.7 Å². The number of hydrogen-bond acceptors (Lipinski definition) is 2. The second kappa shape index (κ2) is 4.07. The van der Waals surface area contributed by atoms with Crippen LogP contribution in [0.3, 0.4) is 0 Å². The maximum atomic E-state index is 8.73. The van der Waals surface area contributed by atoms with Gasteiger partial charge in [0.25, 0.3) is 0 Å². The molecule has 0 saturated heterocycles. The Bertz CT molecular complexity index is 106. The van der Waals surface area contributed by atoms with Gasteiger partial charge in [0.15, 0.2) is 0 Å².